The Kier molecular flexibility index (Phi) is 2.70. The first-order valence-corrected chi connectivity index (χ1v) is 4.65. The van der Waals surface area contributed by atoms with E-state index in [9.17, 15) is 4.79 Å². The Labute approximate surface area is 87.1 Å². The number of halogens is 2. The van der Waals surface area contributed by atoms with Gasteiger partial charge in [-0.1, -0.05) is 37.0 Å². The second-order valence-electron chi connectivity index (χ2n) is 3.69. The van der Waals surface area contributed by atoms with Gasteiger partial charge in [-0.25, -0.2) is 0 Å². The van der Waals surface area contributed by atoms with Crippen molar-refractivity contribution < 1.29 is 4.79 Å². The summed E-state index contributed by atoms with van der Waals surface area (Å²) in [4.78, 5) is 11.2. The number of ketones is 1. The van der Waals surface area contributed by atoms with Gasteiger partial charge in [-0.2, -0.15) is 5.26 Å². The van der Waals surface area contributed by atoms with Crippen LogP contribution in [0.15, 0.2) is 10.1 Å². The minimum absolute atomic E-state index is 0.0203. The average Bonchev–Trinajstić information content (AvgIpc) is 2.04. The molecule has 0 heterocycles. The molecule has 1 unspecified atom stereocenters. The van der Waals surface area contributed by atoms with Gasteiger partial charge in [0, 0.05) is 17.8 Å². The van der Waals surface area contributed by atoms with Crippen molar-refractivity contribution in [2.75, 3.05) is 0 Å². The summed E-state index contributed by atoms with van der Waals surface area (Å²) >= 11 is 11.1. The molecule has 1 saturated carbocycles. The molecule has 0 bridgehead atoms. The minimum atomic E-state index is -0.486. The summed E-state index contributed by atoms with van der Waals surface area (Å²) in [7, 11) is 0. The molecular weight excluding hydrogens is 209 g/mol. The lowest BCUT2D eigenvalue weighted by Crippen LogP contribution is -2.46. The highest BCUT2D eigenvalue weighted by molar-refractivity contribution is 6.56. The van der Waals surface area contributed by atoms with Crippen LogP contribution in [0.5, 0.6) is 0 Å². The molecule has 1 aliphatic rings. The molecule has 0 N–H and O–H groups in total. The maximum atomic E-state index is 11.2. The summed E-state index contributed by atoms with van der Waals surface area (Å²) in [6.45, 7) is 3.61. The number of rotatable bonds is 1. The van der Waals surface area contributed by atoms with E-state index in [0.717, 1.165) is 0 Å². The summed E-state index contributed by atoms with van der Waals surface area (Å²) in [6, 6.07) is 1.94. The number of carbonyl (C=O) groups excluding carboxylic acids is 1. The molecule has 0 amide bonds. The van der Waals surface area contributed by atoms with E-state index in [1.165, 1.54) is 0 Å². The van der Waals surface area contributed by atoms with E-state index < -0.39 is 5.41 Å². The van der Waals surface area contributed by atoms with Gasteiger partial charge < -0.3 is 0 Å². The van der Waals surface area contributed by atoms with Crippen molar-refractivity contribution in [1.82, 2.24) is 0 Å². The summed E-state index contributed by atoms with van der Waals surface area (Å²) in [5.74, 6) is 0.0369. The fraction of sp³-hybridized carbons (Fsp3) is 0.556. The van der Waals surface area contributed by atoms with E-state index in [0.29, 0.717) is 12.0 Å². The number of allylic oxidation sites excluding steroid dienone is 1. The number of nitrogens with zero attached hydrogens (tertiary/aromatic N) is 1. The highest BCUT2D eigenvalue weighted by Crippen LogP contribution is 2.48. The van der Waals surface area contributed by atoms with Gasteiger partial charge in [-0.15, -0.1) is 0 Å². The molecule has 0 saturated heterocycles. The lowest BCUT2D eigenvalue weighted by atomic mass is 9.59. The third-order valence-corrected chi connectivity index (χ3v) is 3.06. The predicted octanol–water partition coefficient (Wildman–Crippen LogP) is 2.81. The molecule has 13 heavy (non-hydrogen) atoms. The van der Waals surface area contributed by atoms with Crippen molar-refractivity contribution in [2.45, 2.75) is 20.3 Å². The first-order chi connectivity index (χ1) is 5.91. The number of hydrogen-bond acceptors (Lipinski definition) is 2. The van der Waals surface area contributed by atoms with Crippen LogP contribution in [0.2, 0.25) is 0 Å². The van der Waals surface area contributed by atoms with E-state index in [1.807, 2.05) is 6.07 Å². The quantitative estimate of drug-likeness (QED) is 0.635. The standard InChI is InChI=1S/C9H9Cl2NO/c1-9(2)6(3-7(9)13)5(4-12)8(10)11/h6H,3H2,1-2H3. The molecule has 0 radical (unpaired) electrons. The Balaban J connectivity index is 2.96. The lowest BCUT2D eigenvalue weighted by Gasteiger charge is -2.42. The fourth-order valence-corrected chi connectivity index (χ4v) is 1.83. The van der Waals surface area contributed by atoms with Gasteiger partial charge in [-0.3, -0.25) is 4.79 Å². The molecule has 70 valence electrons. The van der Waals surface area contributed by atoms with Gasteiger partial charge in [0.2, 0.25) is 0 Å². The summed E-state index contributed by atoms with van der Waals surface area (Å²) in [5, 5.41) is 8.76. The first-order valence-electron chi connectivity index (χ1n) is 3.89. The number of hydrogen-bond donors (Lipinski definition) is 0. The summed E-state index contributed by atoms with van der Waals surface area (Å²) < 4.78 is -0.0203. The van der Waals surface area contributed by atoms with Crippen LogP contribution in [0.3, 0.4) is 0 Å². The zero-order valence-corrected chi connectivity index (χ0v) is 8.91. The molecule has 0 aliphatic heterocycles. The maximum Gasteiger partial charge on any atom is 0.139 e. The Morgan fingerprint density at radius 2 is 2.15 bits per heavy atom. The van der Waals surface area contributed by atoms with Crippen molar-refractivity contribution >= 4 is 29.0 Å². The van der Waals surface area contributed by atoms with Crippen molar-refractivity contribution in [3.8, 4) is 6.07 Å². The molecule has 0 aromatic heterocycles. The SMILES string of the molecule is CC1(C)C(=O)CC1C(C#N)=C(Cl)Cl. The first kappa shape index (κ1) is 10.6. The molecule has 1 rings (SSSR count). The number of Topliss-reactive ketones (excluding diaryl/α,β-unsaturated/α-hetero) is 1. The molecule has 0 aromatic carbocycles. The summed E-state index contributed by atoms with van der Waals surface area (Å²) in [5.41, 5.74) is -0.159. The van der Waals surface area contributed by atoms with Gasteiger partial charge in [0.1, 0.15) is 10.3 Å². The molecule has 1 atom stereocenters. The van der Waals surface area contributed by atoms with Gasteiger partial charge in [0.05, 0.1) is 11.6 Å². The highest BCUT2D eigenvalue weighted by atomic mass is 35.5. The van der Waals surface area contributed by atoms with Crippen LogP contribution in [-0.4, -0.2) is 5.78 Å². The number of nitriles is 1. The zero-order chi connectivity index (χ0) is 10.2. The monoisotopic (exact) mass is 217 g/mol. The Hall–Kier alpha value is -0.520. The largest absolute Gasteiger partial charge is 0.299 e. The molecule has 2 nitrogen and oxygen atoms in total. The second kappa shape index (κ2) is 3.32. The van der Waals surface area contributed by atoms with Crippen molar-refractivity contribution in [3.63, 3.8) is 0 Å². The number of carbonyl (C=O) groups is 1. The summed E-state index contributed by atoms with van der Waals surface area (Å²) in [6.07, 6.45) is 0.374. The molecule has 1 fully saturated rings. The van der Waals surface area contributed by atoms with Crippen LogP contribution >= 0.6 is 23.2 Å². The van der Waals surface area contributed by atoms with Crippen molar-refractivity contribution in [3.05, 3.63) is 10.1 Å². The molecule has 1 aliphatic carbocycles. The Morgan fingerprint density at radius 1 is 1.62 bits per heavy atom. The smallest absolute Gasteiger partial charge is 0.139 e. The highest BCUT2D eigenvalue weighted by Gasteiger charge is 2.49. The van der Waals surface area contributed by atoms with Crippen LogP contribution in [0.1, 0.15) is 20.3 Å². The molecule has 0 spiro atoms. The van der Waals surface area contributed by atoms with Crippen LogP contribution in [0, 0.1) is 22.7 Å². The van der Waals surface area contributed by atoms with Crippen molar-refractivity contribution in [1.29, 1.82) is 5.26 Å². The molecule has 0 aromatic rings. The lowest BCUT2D eigenvalue weighted by molar-refractivity contribution is -0.140. The van der Waals surface area contributed by atoms with Crippen LogP contribution in [0.4, 0.5) is 0 Å². The van der Waals surface area contributed by atoms with Crippen molar-refractivity contribution in [2.24, 2.45) is 11.3 Å². The van der Waals surface area contributed by atoms with Crippen LogP contribution in [-0.2, 0) is 4.79 Å². The third kappa shape index (κ3) is 1.59. The van der Waals surface area contributed by atoms with E-state index in [2.05, 4.69) is 0 Å². The van der Waals surface area contributed by atoms with E-state index in [-0.39, 0.29) is 16.2 Å². The predicted molar refractivity (Wildman–Crippen MR) is 51.2 cm³/mol. The third-order valence-electron chi connectivity index (χ3n) is 2.65. The normalized spacial score (nSPS) is 24.5. The minimum Gasteiger partial charge on any atom is -0.299 e. The van der Waals surface area contributed by atoms with E-state index in [4.69, 9.17) is 28.5 Å². The topological polar surface area (TPSA) is 40.9 Å². The van der Waals surface area contributed by atoms with Crippen LogP contribution in [0.25, 0.3) is 0 Å². The molecule has 4 heteroatoms. The van der Waals surface area contributed by atoms with E-state index >= 15 is 0 Å². The second-order valence-corrected chi connectivity index (χ2v) is 4.64. The fourth-order valence-electron chi connectivity index (χ4n) is 1.48. The maximum absolute atomic E-state index is 11.2. The van der Waals surface area contributed by atoms with Crippen LogP contribution < -0.4 is 0 Å². The van der Waals surface area contributed by atoms with Gasteiger partial charge >= 0.3 is 0 Å². The van der Waals surface area contributed by atoms with Gasteiger partial charge in [0.15, 0.2) is 0 Å². The van der Waals surface area contributed by atoms with Gasteiger partial charge in [-0.05, 0) is 0 Å². The average molecular weight is 218 g/mol. The van der Waals surface area contributed by atoms with E-state index in [1.54, 1.807) is 13.8 Å². The Bertz CT molecular complexity index is 321. The van der Waals surface area contributed by atoms with Gasteiger partial charge in [0.25, 0.3) is 0 Å². The molecular formula is C9H9Cl2NO. The Morgan fingerprint density at radius 3 is 2.38 bits per heavy atom. The zero-order valence-electron chi connectivity index (χ0n) is 7.40.